The number of rotatable bonds is 3. The van der Waals surface area contributed by atoms with Gasteiger partial charge in [0.25, 0.3) is 0 Å². The van der Waals surface area contributed by atoms with Crippen LogP contribution < -0.4 is 4.90 Å². The van der Waals surface area contributed by atoms with E-state index in [0.717, 1.165) is 39.1 Å². The number of fused-ring (bicyclic) bond motifs is 2. The molecule has 1 aromatic rings. The zero-order valence-electron chi connectivity index (χ0n) is 19.7. The van der Waals surface area contributed by atoms with Gasteiger partial charge in [0.05, 0.1) is 5.92 Å². The van der Waals surface area contributed by atoms with Crippen LogP contribution in [0.1, 0.15) is 50.7 Å². The lowest BCUT2D eigenvalue weighted by molar-refractivity contribution is -0.145. The third-order valence-corrected chi connectivity index (χ3v) is 8.83. The first-order valence-corrected chi connectivity index (χ1v) is 12.3. The van der Waals surface area contributed by atoms with Crippen molar-refractivity contribution in [1.82, 2.24) is 4.90 Å². The third kappa shape index (κ3) is 3.71. The molecular formula is C27H38N2O2. The highest BCUT2D eigenvalue weighted by molar-refractivity contribution is 5.76. The van der Waals surface area contributed by atoms with E-state index in [9.17, 15) is 4.79 Å². The van der Waals surface area contributed by atoms with E-state index in [1.54, 1.807) is 5.57 Å². The fourth-order valence-electron chi connectivity index (χ4n) is 6.79. The average molecular weight is 423 g/mol. The quantitative estimate of drug-likeness (QED) is 0.520. The summed E-state index contributed by atoms with van der Waals surface area (Å²) in [5.41, 5.74) is 5.96. The van der Waals surface area contributed by atoms with Gasteiger partial charge in [-0.15, -0.1) is 0 Å². The molecule has 2 heterocycles. The number of anilines is 1. The van der Waals surface area contributed by atoms with Crippen LogP contribution in [0.3, 0.4) is 0 Å². The highest BCUT2D eigenvalue weighted by atomic mass is 16.6. The van der Waals surface area contributed by atoms with Crippen molar-refractivity contribution in [2.45, 2.75) is 59.5 Å². The van der Waals surface area contributed by atoms with E-state index in [0.29, 0.717) is 5.92 Å². The maximum atomic E-state index is 12.9. The second-order valence-corrected chi connectivity index (χ2v) is 10.8. The molecular weight excluding hydrogens is 384 g/mol. The lowest BCUT2D eigenvalue weighted by Crippen LogP contribution is -2.49. The van der Waals surface area contributed by atoms with Crippen molar-refractivity contribution in [2.24, 2.45) is 23.2 Å². The molecule has 168 valence electrons. The fourth-order valence-corrected chi connectivity index (χ4v) is 6.79. The number of ether oxygens (including phenoxy) is 1. The van der Waals surface area contributed by atoms with Crippen LogP contribution in [0.2, 0.25) is 0 Å². The molecule has 3 fully saturated rings. The largest absolute Gasteiger partial charge is 0.461 e. The molecule has 2 aliphatic carbocycles. The van der Waals surface area contributed by atoms with Crippen molar-refractivity contribution in [3.05, 3.63) is 41.0 Å². The Morgan fingerprint density at radius 1 is 1.16 bits per heavy atom. The molecule has 0 unspecified atom stereocenters. The number of hydrogen-bond acceptors (Lipinski definition) is 4. The van der Waals surface area contributed by atoms with Crippen LogP contribution in [0.25, 0.3) is 0 Å². The van der Waals surface area contributed by atoms with Crippen LogP contribution in [0.5, 0.6) is 0 Å². The first-order chi connectivity index (χ1) is 14.9. The molecule has 4 nitrogen and oxygen atoms in total. The molecule has 2 aliphatic heterocycles. The van der Waals surface area contributed by atoms with Crippen LogP contribution in [0.15, 0.2) is 29.8 Å². The average Bonchev–Trinajstić information content (AvgIpc) is 3.03. The number of piperazine rings is 1. The fraction of sp³-hybridized carbons (Fsp3) is 0.667. The van der Waals surface area contributed by atoms with Crippen LogP contribution in [0, 0.1) is 37.0 Å². The van der Waals surface area contributed by atoms with Gasteiger partial charge in [-0.3, -0.25) is 9.69 Å². The van der Waals surface area contributed by atoms with E-state index in [1.807, 2.05) is 0 Å². The van der Waals surface area contributed by atoms with E-state index >= 15 is 0 Å². The first kappa shape index (κ1) is 21.1. The third-order valence-electron chi connectivity index (χ3n) is 8.83. The predicted molar refractivity (Wildman–Crippen MR) is 125 cm³/mol. The summed E-state index contributed by atoms with van der Waals surface area (Å²) in [6.45, 7) is 14.1. The second-order valence-electron chi connectivity index (χ2n) is 10.8. The zero-order valence-corrected chi connectivity index (χ0v) is 19.7. The molecule has 1 aromatic carbocycles. The van der Waals surface area contributed by atoms with Gasteiger partial charge in [0.1, 0.15) is 6.10 Å². The number of carbonyl (C=O) groups excluding carboxylic acids is 1. The molecule has 31 heavy (non-hydrogen) atoms. The molecule has 4 aliphatic rings. The maximum Gasteiger partial charge on any atom is 0.311 e. The summed E-state index contributed by atoms with van der Waals surface area (Å²) in [7, 11) is 0. The lowest BCUT2D eigenvalue weighted by atomic mass is 9.59. The number of hydrogen-bond donors (Lipinski definition) is 0. The van der Waals surface area contributed by atoms with Gasteiger partial charge < -0.3 is 9.64 Å². The molecule has 0 N–H and O–H groups in total. The summed E-state index contributed by atoms with van der Waals surface area (Å²) < 4.78 is 5.97. The van der Waals surface area contributed by atoms with Crippen molar-refractivity contribution in [1.29, 1.82) is 0 Å². The number of esters is 1. The van der Waals surface area contributed by atoms with Crippen LogP contribution in [-0.2, 0) is 9.53 Å². The first-order valence-electron chi connectivity index (χ1n) is 12.3. The van der Waals surface area contributed by atoms with Gasteiger partial charge in [-0.25, -0.2) is 0 Å². The smallest absolute Gasteiger partial charge is 0.311 e. The van der Waals surface area contributed by atoms with Gasteiger partial charge in [0.2, 0.25) is 0 Å². The normalized spacial score (nSPS) is 35.9. The second kappa shape index (κ2) is 7.95. The molecule has 0 radical (unpaired) electrons. The summed E-state index contributed by atoms with van der Waals surface area (Å²) in [5, 5.41) is 0. The summed E-state index contributed by atoms with van der Waals surface area (Å²) in [4.78, 5) is 17.9. The Morgan fingerprint density at radius 2 is 1.94 bits per heavy atom. The van der Waals surface area contributed by atoms with Gasteiger partial charge >= 0.3 is 5.97 Å². The molecule has 0 aromatic heterocycles. The number of aryl methyl sites for hydroxylation is 1. The van der Waals surface area contributed by atoms with Gasteiger partial charge in [-0.1, -0.05) is 44.1 Å². The van der Waals surface area contributed by atoms with Crippen molar-refractivity contribution >= 4 is 11.7 Å². The number of allylic oxidation sites excluding steroid dienone is 1. The molecule has 0 bridgehead atoms. The van der Waals surface area contributed by atoms with Crippen molar-refractivity contribution < 1.29 is 9.53 Å². The minimum atomic E-state index is 0.00318. The monoisotopic (exact) mass is 422 g/mol. The number of carbonyl (C=O) groups is 1. The highest BCUT2D eigenvalue weighted by Crippen LogP contribution is 2.54. The van der Waals surface area contributed by atoms with Crippen molar-refractivity contribution in [3.8, 4) is 0 Å². The molecule has 5 atom stereocenters. The molecule has 5 rings (SSSR count). The summed E-state index contributed by atoms with van der Waals surface area (Å²) >= 11 is 0. The van der Waals surface area contributed by atoms with Crippen molar-refractivity contribution in [2.75, 3.05) is 37.6 Å². The Balaban J connectivity index is 1.27. The molecule has 0 spiro atoms. The Labute approximate surface area is 187 Å². The van der Waals surface area contributed by atoms with E-state index in [4.69, 9.17) is 4.74 Å². The molecule has 1 saturated carbocycles. The standard InChI is InChI=1S/C27H38N2O2/c1-18-7-5-9-24(20(18)3)29-13-11-28(12-14-29)17-22-21-15-23-19(2)8-6-10-27(23,4)16-25(21)31-26(22)30/h5,7,9,15,19,21-22,25H,6,8,10-14,16-17H2,1-4H3/t19-,21-,22+,25-,27-/m1/s1. The number of benzene rings is 1. The van der Waals surface area contributed by atoms with Gasteiger partial charge in [0.15, 0.2) is 0 Å². The van der Waals surface area contributed by atoms with E-state index < -0.39 is 0 Å². The summed E-state index contributed by atoms with van der Waals surface area (Å²) in [6, 6.07) is 6.59. The van der Waals surface area contributed by atoms with Crippen LogP contribution >= 0.6 is 0 Å². The van der Waals surface area contributed by atoms with Crippen LogP contribution in [0.4, 0.5) is 5.69 Å². The Kier molecular flexibility index (Phi) is 5.40. The molecule has 0 amide bonds. The minimum absolute atomic E-state index is 0.00318. The SMILES string of the molecule is Cc1cccc(N2CCN(C[C@@H]3C(=O)O[C@@H]4C[C@@]5(C)CCC[C@@H](C)C5=C[C@H]34)CC2)c1C. The maximum absolute atomic E-state index is 12.9. The Morgan fingerprint density at radius 3 is 2.71 bits per heavy atom. The number of nitrogens with zero attached hydrogens (tertiary/aromatic N) is 2. The van der Waals surface area contributed by atoms with E-state index in [1.165, 1.54) is 36.1 Å². The van der Waals surface area contributed by atoms with Crippen LogP contribution in [-0.4, -0.2) is 49.7 Å². The minimum Gasteiger partial charge on any atom is -0.461 e. The van der Waals surface area contributed by atoms with E-state index in [2.05, 4.69) is 61.8 Å². The predicted octanol–water partition coefficient (Wildman–Crippen LogP) is 4.74. The van der Waals surface area contributed by atoms with Gasteiger partial charge in [0, 0.05) is 44.3 Å². The zero-order chi connectivity index (χ0) is 21.8. The lowest BCUT2D eigenvalue weighted by Gasteiger charge is -2.46. The van der Waals surface area contributed by atoms with Gasteiger partial charge in [-0.2, -0.15) is 0 Å². The Hall–Kier alpha value is -1.81. The topological polar surface area (TPSA) is 32.8 Å². The summed E-state index contributed by atoms with van der Waals surface area (Å²) in [6.07, 6.45) is 7.44. The van der Waals surface area contributed by atoms with E-state index in [-0.39, 0.29) is 29.3 Å². The molecule has 2 saturated heterocycles. The summed E-state index contributed by atoms with van der Waals surface area (Å²) in [5.74, 6) is 0.965. The van der Waals surface area contributed by atoms with Crippen molar-refractivity contribution in [3.63, 3.8) is 0 Å². The Bertz CT molecular complexity index is 885. The highest BCUT2D eigenvalue weighted by Gasteiger charge is 2.52. The van der Waals surface area contributed by atoms with Gasteiger partial charge in [-0.05, 0) is 61.6 Å². The molecule has 4 heteroatoms.